The highest BCUT2D eigenvalue weighted by molar-refractivity contribution is 5.25. The van der Waals surface area contributed by atoms with E-state index in [0.29, 0.717) is 10.5 Å². The maximum Gasteiger partial charge on any atom is 0.124 e. The van der Waals surface area contributed by atoms with Gasteiger partial charge in [0, 0.05) is 32.1 Å². The Kier molecular flexibility index (Phi) is 2.12. The summed E-state index contributed by atoms with van der Waals surface area (Å²) in [5.74, 6) is 0. The molecule has 19 heavy (non-hydrogen) atoms. The maximum absolute atomic E-state index is 7.62. The minimum Gasteiger partial charge on any atom is -0.366 e. The van der Waals surface area contributed by atoms with E-state index in [0.717, 1.165) is 4.68 Å². The van der Waals surface area contributed by atoms with Crippen LogP contribution in [0.1, 0.15) is 29.7 Å². The highest BCUT2D eigenvalue weighted by Crippen LogP contribution is 2.25. The summed E-state index contributed by atoms with van der Waals surface area (Å²) in [6.07, 6.45) is 0.470. The first-order valence-corrected chi connectivity index (χ1v) is 5.80. The first-order chi connectivity index (χ1) is 12.8. The van der Waals surface area contributed by atoms with Crippen LogP contribution in [0.3, 0.4) is 0 Å². The first kappa shape index (κ1) is 6.20. The molecule has 0 aliphatic carbocycles. The molecule has 0 spiro atoms. The molecule has 1 aromatic carbocycles. The molecule has 0 amide bonds. The van der Waals surface area contributed by atoms with Gasteiger partial charge < -0.3 is 9.64 Å². The highest BCUT2D eigenvalue weighted by atomic mass is 16.5. The number of aromatic nitrogens is 2. The average Bonchev–Trinajstić information content (AvgIpc) is 3.03. The Morgan fingerprint density at radius 2 is 2.16 bits per heavy atom. The molecule has 102 valence electrons. The van der Waals surface area contributed by atoms with E-state index in [1.54, 1.807) is 30.3 Å². The second kappa shape index (κ2) is 6.50. The SMILES string of the molecule is [2H]C([2H])([2H])N(CCOC(c1ccccc1)c1ccnn1C([2H])([2H])[2H])C([2H])([2H])[2H]. The van der Waals surface area contributed by atoms with Gasteiger partial charge >= 0.3 is 0 Å². The second-order valence-electron chi connectivity index (χ2n) is 3.98. The van der Waals surface area contributed by atoms with Crippen LogP contribution in [0.2, 0.25) is 0 Å². The Balaban J connectivity index is 2.27. The average molecular weight is 268 g/mol. The molecule has 0 fully saturated rings. The molecule has 0 radical (unpaired) electrons. The van der Waals surface area contributed by atoms with Crippen LogP contribution in [0.4, 0.5) is 0 Å². The van der Waals surface area contributed by atoms with Crippen molar-refractivity contribution < 1.29 is 17.1 Å². The van der Waals surface area contributed by atoms with Crippen molar-refractivity contribution in [2.75, 3.05) is 27.1 Å². The van der Waals surface area contributed by atoms with Crippen LogP contribution < -0.4 is 0 Å². The van der Waals surface area contributed by atoms with E-state index in [1.165, 1.54) is 12.3 Å². The fourth-order valence-electron chi connectivity index (χ4n) is 1.75. The fourth-order valence-corrected chi connectivity index (χ4v) is 1.75. The van der Waals surface area contributed by atoms with Crippen molar-refractivity contribution in [3.8, 4) is 0 Å². The summed E-state index contributed by atoms with van der Waals surface area (Å²) in [5, 5.41) is 3.84. The van der Waals surface area contributed by atoms with E-state index < -0.39 is 33.6 Å². The smallest absolute Gasteiger partial charge is 0.124 e. The summed E-state index contributed by atoms with van der Waals surface area (Å²) in [4.78, 5) is 0.392. The van der Waals surface area contributed by atoms with Crippen LogP contribution >= 0.6 is 0 Å². The number of hydrogen-bond donors (Lipinski definition) is 0. The molecule has 1 unspecified atom stereocenters. The standard InChI is InChI=1S/C15H21N3O/c1-17(2)11-12-19-15(13-7-5-4-6-8-13)14-9-10-16-18(14)3/h4-10,15H,11-12H2,1-3H3/i1D3,2D3,3D3. The molecule has 1 atom stereocenters. The minimum absolute atomic E-state index is 0.247. The van der Waals surface area contributed by atoms with E-state index in [2.05, 4.69) is 5.10 Å². The monoisotopic (exact) mass is 268 g/mol. The lowest BCUT2D eigenvalue weighted by Crippen LogP contribution is -2.20. The van der Waals surface area contributed by atoms with Crippen molar-refractivity contribution in [2.45, 2.75) is 6.10 Å². The largest absolute Gasteiger partial charge is 0.366 e. The maximum atomic E-state index is 7.62. The van der Waals surface area contributed by atoms with Gasteiger partial charge in [-0.2, -0.15) is 5.10 Å². The number of aryl methyl sites for hydroxylation is 1. The topological polar surface area (TPSA) is 30.3 Å². The van der Waals surface area contributed by atoms with E-state index in [1.807, 2.05) is 0 Å². The van der Waals surface area contributed by atoms with Crippen LogP contribution in [0.25, 0.3) is 0 Å². The molecule has 2 aromatic rings. The Morgan fingerprint density at radius 3 is 2.89 bits per heavy atom. The predicted octanol–water partition coefficient (Wildman–Crippen LogP) is 2.09. The van der Waals surface area contributed by atoms with Crippen LogP contribution in [0.5, 0.6) is 0 Å². The molecular weight excluding hydrogens is 238 g/mol. The van der Waals surface area contributed by atoms with Crippen molar-refractivity contribution >= 4 is 0 Å². The molecule has 0 saturated heterocycles. The molecule has 0 aliphatic rings. The quantitative estimate of drug-likeness (QED) is 0.803. The van der Waals surface area contributed by atoms with Crippen molar-refractivity contribution in [3.05, 3.63) is 53.9 Å². The Morgan fingerprint density at radius 1 is 1.32 bits per heavy atom. The van der Waals surface area contributed by atoms with Crippen LogP contribution in [-0.2, 0) is 11.7 Å². The van der Waals surface area contributed by atoms with E-state index in [-0.39, 0.29) is 12.3 Å². The Labute approximate surface area is 127 Å². The first-order valence-electron chi connectivity index (χ1n) is 10.3. The molecule has 1 aromatic heterocycles. The fraction of sp³-hybridized carbons (Fsp3) is 0.400. The molecule has 0 saturated carbocycles. The van der Waals surface area contributed by atoms with Gasteiger partial charge in [0.1, 0.15) is 6.10 Å². The van der Waals surface area contributed by atoms with Gasteiger partial charge in [-0.15, -0.1) is 0 Å². The number of ether oxygens (including phenoxy) is 1. The van der Waals surface area contributed by atoms with Gasteiger partial charge in [-0.05, 0) is 25.6 Å². The third-order valence-electron chi connectivity index (χ3n) is 2.64. The highest BCUT2D eigenvalue weighted by Gasteiger charge is 2.17. The summed E-state index contributed by atoms with van der Waals surface area (Å²) in [6, 6.07) is 10.2. The number of nitrogens with zero attached hydrogens (tertiary/aromatic N) is 3. The van der Waals surface area contributed by atoms with E-state index in [9.17, 15) is 0 Å². The molecule has 0 bridgehead atoms. The van der Waals surface area contributed by atoms with Crippen molar-refractivity contribution in [3.63, 3.8) is 0 Å². The van der Waals surface area contributed by atoms with Gasteiger partial charge in [0.25, 0.3) is 0 Å². The van der Waals surface area contributed by atoms with Crippen molar-refractivity contribution in [1.82, 2.24) is 14.7 Å². The lowest BCUT2D eigenvalue weighted by molar-refractivity contribution is 0.0638. The predicted molar refractivity (Wildman–Crippen MR) is 76.0 cm³/mol. The zero-order valence-electron chi connectivity index (χ0n) is 19.3. The summed E-state index contributed by atoms with van der Waals surface area (Å²) < 4.78 is 73.9. The molecule has 4 heteroatoms. The number of rotatable bonds is 6. The normalized spacial score (nSPS) is 21.8. The summed E-state index contributed by atoms with van der Waals surface area (Å²) in [7, 11) is 0. The number of benzene rings is 1. The lowest BCUT2D eigenvalue weighted by atomic mass is 10.1. The summed E-state index contributed by atoms with van der Waals surface area (Å²) in [6.45, 7) is -8.81. The van der Waals surface area contributed by atoms with Gasteiger partial charge in [-0.3, -0.25) is 4.68 Å². The second-order valence-corrected chi connectivity index (χ2v) is 3.98. The van der Waals surface area contributed by atoms with E-state index >= 15 is 0 Å². The Hall–Kier alpha value is -1.65. The van der Waals surface area contributed by atoms with Crippen LogP contribution in [-0.4, -0.2) is 41.8 Å². The summed E-state index contributed by atoms with van der Waals surface area (Å²) in [5.41, 5.74) is 0.878. The molecule has 4 nitrogen and oxygen atoms in total. The van der Waals surface area contributed by atoms with Gasteiger partial charge in [0.2, 0.25) is 0 Å². The third-order valence-corrected chi connectivity index (χ3v) is 2.64. The van der Waals surface area contributed by atoms with Crippen LogP contribution in [0.15, 0.2) is 42.6 Å². The Bertz CT molecular complexity index is 739. The molecule has 1 heterocycles. The van der Waals surface area contributed by atoms with Crippen molar-refractivity contribution in [1.29, 1.82) is 0 Å². The molecular formula is C15H21N3O. The third kappa shape index (κ3) is 3.66. The molecule has 0 N–H and O–H groups in total. The van der Waals surface area contributed by atoms with Crippen LogP contribution in [0, 0.1) is 0 Å². The van der Waals surface area contributed by atoms with Gasteiger partial charge in [0.05, 0.1) is 12.3 Å². The lowest BCUT2D eigenvalue weighted by Gasteiger charge is -2.20. The number of hydrogen-bond acceptors (Lipinski definition) is 3. The number of likely N-dealkylation sites (N-methyl/N-ethyl adjacent to an activating group) is 1. The van der Waals surface area contributed by atoms with E-state index in [4.69, 9.17) is 17.1 Å². The van der Waals surface area contributed by atoms with Crippen molar-refractivity contribution in [2.24, 2.45) is 6.98 Å². The zero-order valence-corrected chi connectivity index (χ0v) is 10.3. The van der Waals surface area contributed by atoms with Gasteiger partial charge in [-0.1, -0.05) is 30.3 Å². The zero-order chi connectivity index (χ0) is 21.2. The summed E-state index contributed by atoms with van der Waals surface area (Å²) >= 11 is 0. The van der Waals surface area contributed by atoms with Gasteiger partial charge in [-0.25, -0.2) is 0 Å². The van der Waals surface area contributed by atoms with Gasteiger partial charge in [0.15, 0.2) is 0 Å². The molecule has 2 rings (SSSR count). The molecule has 0 aliphatic heterocycles. The minimum atomic E-state index is -2.82.